The lowest BCUT2D eigenvalue weighted by molar-refractivity contribution is -0.117. The fraction of sp³-hybridized carbons (Fsp3) is 0.368. The second kappa shape index (κ2) is 10.4. The quantitative estimate of drug-likeness (QED) is 0.822. The lowest BCUT2D eigenvalue weighted by Crippen LogP contribution is -2.28. The minimum Gasteiger partial charge on any atom is -0.327 e. The Bertz CT molecular complexity index is 649. The van der Waals surface area contributed by atoms with E-state index in [0.717, 1.165) is 31.4 Å². The molecule has 0 bridgehead atoms. The van der Waals surface area contributed by atoms with E-state index in [4.69, 9.17) is 5.73 Å². The van der Waals surface area contributed by atoms with Gasteiger partial charge in [-0.15, -0.1) is 24.8 Å². The molecule has 3 N–H and O–H groups in total. The van der Waals surface area contributed by atoms with Crippen molar-refractivity contribution in [2.75, 3.05) is 5.32 Å². The maximum absolute atomic E-state index is 12.1. The number of nitrogens with two attached hydrogens (primary N) is 1. The third-order valence-corrected chi connectivity index (χ3v) is 4.56. The number of nitrogens with one attached hydrogen (secondary N) is 1. The molecule has 3 rings (SSSR count). The van der Waals surface area contributed by atoms with Crippen molar-refractivity contribution in [3.63, 3.8) is 0 Å². The van der Waals surface area contributed by atoms with Gasteiger partial charge in [-0.2, -0.15) is 0 Å². The van der Waals surface area contributed by atoms with Crippen LogP contribution in [-0.4, -0.2) is 16.9 Å². The molecule has 1 aliphatic carbocycles. The summed E-state index contributed by atoms with van der Waals surface area (Å²) >= 11 is 0. The summed E-state index contributed by atoms with van der Waals surface area (Å²) in [6, 6.07) is 12.2. The average Bonchev–Trinajstić information content (AvgIpc) is 2.95. The fourth-order valence-electron chi connectivity index (χ4n) is 3.21. The van der Waals surface area contributed by atoms with Crippen LogP contribution in [0.2, 0.25) is 0 Å². The van der Waals surface area contributed by atoms with E-state index in [9.17, 15) is 4.79 Å². The number of hydrogen-bond acceptors (Lipinski definition) is 3. The van der Waals surface area contributed by atoms with E-state index < -0.39 is 0 Å². The van der Waals surface area contributed by atoms with Crippen LogP contribution in [0, 0.1) is 5.92 Å². The Labute approximate surface area is 161 Å². The molecule has 1 saturated carbocycles. The normalized spacial score (nSPS) is 18.8. The molecule has 4 nitrogen and oxygen atoms in total. The highest BCUT2D eigenvalue weighted by molar-refractivity contribution is 5.90. The molecular formula is C19H25Cl2N3O. The highest BCUT2D eigenvalue weighted by atomic mass is 35.5. The van der Waals surface area contributed by atoms with Gasteiger partial charge in [0.25, 0.3) is 0 Å². The van der Waals surface area contributed by atoms with Gasteiger partial charge in [-0.3, -0.25) is 9.78 Å². The van der Waals surface area contributed by atoms with E-state index in [0.29, 0.717) is 12.3 Å². The summed E-state index contributed by atoms with van der Waals surface area (Å²) in [7, 11) is 0. The molecule has 2 aromatic rings. The Morgan fingerprint density at radius 1 is 1.04 bits per heavy atom. The molecule has 1 amide bonds. The summed E-state index contributed by atoms with van der Waals surface area (Å²) in [5.74, 6) is 0.398. The Kier molecular flexibility index (Phi) is 8.90. The zero-order valence-electron chi connectivity index (χ0n) is 14.1. The molecule has 1 aromatic carbocycles. The number of carbonyl (C=O) groups is 1. The Morgan fingerprint density at radius 2 is 1.68 bits per heavy atom. The number of halogens is 2. The van der Waals surface area contributed by atoms with Gasteiger partial charge in [0.15, 0.2) is 0 Å². The zero-order chi connectivity index (χ0) is 16.1. The lowest BCUT2D eigenvalue weighted by Gasteiger charge is -2.14. The smallest absolute Gasteiger partial charge is 0.224 e. The summed E-state index contributed by atoms with van der Waals surface area (Å²) in [5, 5.41) is 2.98. The molecule has 0 radical (unpaired) electrons. The van der Waals surface area contributed by atoms with Gasteiger partial charge < -0.3 is 11.1 Å². The van der Waals surface area contributed by atoms with Crippen molar-refractivity contribution in [1.29, 1.82) is 0 Å². The van der Waals surface area contributed by atoms with Gasteiger partial charge in [0.1, 0.15) is 0 Å². The van der Waals surface area contributed by atoms with Gasteiger partial charge in [0.2, 0.25) is 5.91 Å². The van der Waals surface area contributed by atoms with Crippen LogP contribution in [0.15, 0.2) is 48.8 Å². The first kappa shape index (κ1) is 21.4. The number of hydrogen-bond donors (Lipinski definition) is 2. The number of pyridine rings is 1. The molecule has 2 atom stereocenters. The van der Waals surface area contributed by atoms with Crippen LogP contribution in [0.5, 0.6) is 0 Å². The van der Waals surface area contributed by atoms with Gasteiger partial charge in [0, 0.05) is 30.5 Å². The molecule has 0 aliphatic heterocycles. The van der Waals surface area contributed by atoms with E-state index in [1.807, 2.05) is 24.3 Å². The molecule has 136 valence electrons. The van der Waals surface area contributed by atoms with Crippen LogP contribution >= 0.6 is 24.8 Å². The summed E-state index contributed by atoms with van der Waals surface area (Å²) in [5.41, 5.74) is 9.32. The van der Waals surface area contributed by atoms with Gasteiger partial charge in [-0.25, -0.2) is 0 Å². The number of aromatic nitrogens is 1. The van der Waals surface area contributed by atoms with Crippen molar-refractivity contribution in [1.82, 2.24) is 4.98 Å². The van der Waals surface area contributed by atoms with Crippen LogP contribution in [0.1, 0.15) is 36.8 Å². The average molecular weight is 382 g/mol. The number of amides is 1. The molecule has 1 aliphatic rings. The van der Waals surface area contributed by atoms with Crippen molar-refractivity contribution in [3.8, 4) is 0 Å². The molecular weight excluding hydrogens is 357 g/mol. The first-order chi connectivity index (χ1) is 11.2. The van der Waals surface area contributed by atoms with Crippen molar-refractivity contribution in [3.05, 3.63) is 59.9 Å². The molecule has 0 saturated heterocycles. The van der Waals surface area contributed by atoms with E-state index in [2.05, 4.69) is 22.4 Å². The van der Waals surface area contributed by atoms with Gasteiger partial charge in [0.05, 0.1) is 0 Å². The second-order valence-electron chi connectivity index (χ2n) is 6.34. The predicted octanol–water partition coefficient (Wildman–Crippen LogP) is 3.97. The summed E-state index contributed by atoms with van der Waals surface area (Å²) < 4.78 is 0. The molecule has 1 aromatic heterocycles. The molecule has 1 fully saturated rings. The van der Waals surface area contributed by atoms with Gasteiger partial charge in [-0.05, 0) is 60.6 Å². The fourth-order valence-corrected chi connectivity index (χ4v) is 3.21. The van der Waals surface area contributed by atoms with Crippen molar-refractivity contribution >= 4 is 36.4 Å². The summed E-state index contributed by atoms with van der Waals surface area (Å²) in [4.78, 5) is 16.1. The third-order valence-electron chi connectivity index (χ3n) is 4.56. The highest BCUT2D eigenvalue weighted by Gasteiger charge is 2.25. The predicted molar refractivity (Wildman–Crippen MR) is 107 cm³/mol. The highest BCUT2D eigenvalue weighted by Crippen LogP contribution is 2.27. The zero-order valence-corrected chi connectivity index (χ0v) is 15.7. The Hall–Kier alpha value is -1.62. The lowest BCUT2D eigenvalue weighted by atomic mass is 10.00. The first-order valence-electron chi connectivity index (χ1n) is 8.24. The van der Waals surface area contributed by atoms with E-state index in [1.54, 1.807) is 12.4 Å². The number of nitrogens with zero attached hydrogens (tertiary/aromatic N) is 1. The molecule has 6 heteroatoms. The van der Waals surface area contributed by atoms with Crippen molar-refractivity contribution in [2.24, 2.45) is 11.7 Å². The first-order valence-corrected chi connectivity index (χ1v) is 8.24. The van der Waals surface area contributed by atoms with Crippen LogP contribution in [0.4, 0.5) is 5.69 Å². The van der Waals surface area contributed by atoms with Gasteiger partial charge >= 0.3 is 0 Å². The van der Waals surface area contributed by atoms with Gasteiger partial charge in [-0.1, -0.05) is 18.6 Å². The Morgan fingerprint density at radius 3 is 2.28 bits per heavy atom. The molecule has 0 spiro atoms. The summed E-state index contributed by atoms with van der Waals surface area (Å²) in [6.07, 6.45) is 8.26. The number of benzene rings is 1. The van der Waals surface area contributed by atoms with Crippen molar-refractivity contribution in [2.45, 2.75) is 38.1 Å². The van der Waals surface area contributed by atoms with Crippen LogP contribution in [-0.2, 0) is 11.2 Å². The van der Waals surface area contributed by atoms with Crippen LogP contribution in [0.25, 0.3) is 0 Å². The topological polar surface area (TPSA) is 68.0 Å². The summed E-state index contributed by atoms with van der Waals surface area (Å²) in [6.45, 7) is 0. The maximum Gasteiger partial charge on any atom is 0.224 e. The van der Waals surface area contributed by atoms with Crippen LogP contribution in [0.3, 0.4) is 0 Å². The van der Waals surface area contributed by atoms with E-state index in [1.165, 1.54) is 11.1 Å². The number of rotatable bonds is 5. The largest absolute Gasteiger partial charge is 0.327 e. The SMILES string of the molecule is Cl.Cl.N[C@@H]1CCC[C@H]1CC(=O)Nc1ccc(Cc2ccncc2)cc1. The van der Waals surface area contributed by atoms with Crippen LogP contribution < -0.4 is 11.1 Å². The van der Waals surface area contributed by atoms with E-state index >= 15 is 0 Å². The second-order valence-corrected chi connectivity index (χ2v) is 6.34. The standard InChI is InChI=1S/C19H23N3O.2ClH/c20-18-3-1-2-16(18)13-19(23)22-17-6-4-14(5-7-17)12-15-8-10-21-11-9-15;;/h4-11,16,18H,1-3,12-13,20H2,(H,22,23);2*1H/t16-,18+;;/m0../s1. The number of anilines is 1. The molecule has 25 heavy (non-hydrogen) atoms. The molecule has 0 unspecified atom stereocenters. The van der Waals surface area contributed by atoms with E-state index in [-0.39, 0.29) is 36.8 Å². The monoisotopic (exact) mass is 381 g/mol. The maximum atomic E-state index is 12.1. The third kappa shape index (κ3) is 6.31. The molecule has 1 heterocycles. The van der Waals surface area contributed by atoms with Crippen molar-refractivity contribution < 1.29 is 4.79 Å². The Balaban J connectivity index is 0.00000156. The minimum absolute atomic E-state index is 0. The minimum atomic E-state index is 0. The number of carbonyl (C=O) groups excluding carboxylic acids is 1.